The van der Waals surface area contributed by atoms with Crippen molar-refractivity contribution in [2.24, 2.45) is 11.3 Å². The molecule has 0 unspecified atom stereocenters. The van der Waals surface area contributed by atoms with Crippen LogP contribution < -0.4 is 4.74 Å². The highest BCUT2D eigenvalue weighted by Gasteiger charge is 2.24. The second-order valence-corrected chi connectivity index (χ2v) is 6.22. The Hall–Kier alpha value is -1.05. The molecule has 1 aliphatic carbocycles. The van der Waals surface area contributed by atoms with Gasteiger partial charge in [-0.15, -0.1) is 0 Å². The molecule has 17 heavy (non-hydrogen) atoms. The van der Waals surface area contributed by atoms with Crippen LogP contribution in [0.3, 0.4) is 0 Å². The Labute approximate surface area is 103 Å². The van der Waals surface area contributed by atoms with Gasteiger partial charge in [0.15, 0.2) is 11.6 Å². The van der Waals surface area contributed by atoms with Gasteiger partial charge in [-0.05, 0) is 42.2 Å². The fourth-order valence-corrected chi connectivity index (χ4v) is 1.91. The van der Waals surface area contributed by atoms with Crippen LogP contribution in [0.2, 0.25) is 0 Å². The molecule has 0 aromatic heterocycles. The molecule has 1 saturated carbocycles. The maximum Gasteiger partial charge on any atom is 0.165 e. The average Bonchev–Trinajstić information content (AvgIpc) is 2.98. The van der Waals surface area contributed by atoms with E-state index in [1.807, 2.05) is 6.07 Å². The van der Waals surface area contributed by atoms with Crippen molar-refractivity contribution in [3.63, 3.8) is 0 Å². The first-order valence-corrected chi connectivity index (χ1v) is 6.36. The van der Waals surface area contributed by atoms with Crippen LogP contribution in [-0.2, 0) is 6.42 Å². The van der Waals surface area contributed by atoms with Gasteiger partial charge in [0.25, 0.3) is 0 Å². The van der Waals surface area contributed by atoms with Gasteiger partial charge in [0, 0.05) is 0 Å². The van der Waals surface area contributed by atoms with Gasteiger partial charge >= 0.3 is 0 Å². The normalized spacial score (nSPS) is 16.0. The van der Waals surface area contributed by atoms with E-state index in [4.69, 9.17) is 4.74 Å². The maximum absolute atomic E-state index is 13.8. The number of para-hydroxylation sites is 1. The molecule has 2 heteroatoms. The Morgan fingerprint density at radius 1 is 1.29 bits per heavy atom. The second-order valence-electron chi connectivity index (χ2n) is 6.22. The predicted molar refractivity (Wildman–Crippen MR) is 67.8 cm³/mol. The molecule has 0 N–H and O–H groups in total. The smallest absolute Gasteiger partial charge is 0.165 e. The van der Waals surface area contributed by atoms with Gasteiger partial charge < -0.3 is 4.74 Å². The van der Waals surface area contributed by atoms with Crippen molar-refractivity contribution in [2.45, 2.75) is 40.0 Å². The van der Waals surface area contributed by atoms with E-state index < -0.39 is 0 Å². The van der Waals surface area contributed by atoms with Crippen molar-refractivity contribution in [3.05, 3.63) is 29.6 Å². The molecule has 0 bridgehead atoms. The minimum absolute atomic E-state index is 0.144. The van der Waals surface area contributed by atoms with E-state index in [9.17, 15) is 4.39 Å². The summed E-state index contributed by atoms with van der Waals surface area (Å²) in [5.74, 6) is 0.888. The van der Waals surface area contributed by atoms with Crippen LogP contribution in [0.25, 0.3) is 0 Å². The molecule has 0 saturated heterocycles. The first-order chi connectivity index (χ1) is 7.96. The number of ether oxygens (including phenoxy) is 1. The molecule has 0 radical (unpaired) electrons. The molecule has 0 heterocycles. The van der Waals surface area contributed by atoms with Gasteiger partial charge in [0.1, 0.15) is 0 Å². The van der Waals surface area contributed by atoms with Crippen molar-refractivity contribution in [1.82, 2.24) is 0 Å². The van der Waals surface area contributed by atoms with E-state index in [1.165, 1.54) is 18.9 Å². The minimum Gasteiger partial charge on any atom is -0.490 e. The zero-order valence-corrected chi connectivity index (χ0v) is 10.9. The van der Waals surface area contributed by atoms with E-state index in [0.29, 0.717) is 18.3 Å². The van der Waals surface area contributed by atoms with Crippen LogP contribution in [0.1, 0.15) is 39.2 Å². The van der Waals surface area contributed by atoms with Gasteiger partial charge in [-0.25, -0.2) is 4.39 Å². The monoisotopic (exact) mass is 236 g/mol. The summed E-state index contributed by atoms with van der Waals surface area (Å²) in [5.41, 5.74) is 1.13. The predicted octanol–water partition coefficient (Wildman–Crippen LogP) is 4.20. The third-order valence-corrected chi connectivity index (χ3v) is 2.93. The third-order valence-electron chi connectivity index (χ3n) is 2.93. The molecule has 0 atom stereocenters. The average molecular weight is 236 g/mol. The summed E-state index contributed by atoms with van der Waals surface area (Å²) >= 11 is 0. The van der Waals surface area contributed by atoms with Gasteiger partial charge in [-0.1, -0.05) is 32.9 Å². The van der Waals surface area contributed by atoms with E-state index in [1.54, 1.807) is 6.07 Å². The van der Waals surface area contributed by atoms with Crippen molar-refractivity contribution in [3.8, 4) is 5.75 Å². The van der Waals surface area contributed by atoms with E-state index in [0.717, 1.165) is 12.0 Å². The summed E-state index contributed by atoms with van der Waals surface area (Å²) in [7, 11) is 0. The van der Waals surface area contributed by atoms with E-state index >= 15 is 0 Å². The van der Waals surface area contributed by atoms with E-state index in [2.05, 4.69) is 20.8 Å². The lowest BCUT2D eigenvalue weighted by Gasteiger charge is -2.20. The van der Waals surface area contributed by atoms with Crippen LogP contribution in [0.15, 0.2) is 18.2 Å². The molecule has 1 fully saturated rings. The van der Waals surface area contributed by atoms with Crippen LogP contribution >= 0.6 is 0 Å². The highest BCUT2D eigenvalue weighted by molar-refractivity contribution is 5.35. The molecule has 1 nitrogen and oxygen atoms in total. The summed E-state index contributed by atoms with van der Waals surface area (Å²) in [6, 6.07) is 5.21. The summed E-state index contributed by atoms with van der Waals surface area (Å²) in [6.45, 7) is 7.13. The number of benzene rings is 1. The van der Waals surface area contributed by atoms with Crippen LogP contribution in [0, 0.1) is 17.2 Å². The lowest BCUT2D eigenvalue weighted by atomic mass is 9.88. The fraction of sp³-hybridized carbons (Fsp3) is 0.600. The molecule has 1 aromatic carbocycles. The SMILES string of the molecule is CC(C)(C)Cc1cccc(F)c1OCC1CC1. The number of hydrogen-bond donors (Lipinski definition) is 0. The third kappa shape index (κ3) is 3.72. The van der Waals surface area contributed by atoms with Crippen LogP contribution in [0.4, 0.5) is 4.39 Å². The number of hydrogen-bond acceptors (Lipinski definition) is 1. The highest BCUT2D eigenvalue weighted by atomic mass is 19.1. The molecular weight excluding hydrogens is 215 g/mol. The Bertz CT molecular complexity index is 388. The topological polar surface area (TPSA) is 9.23 Å². The van der Waals surface area contributed by atoms with Crippen molar-refractivity contribution < 1.29 is 9.13 Å². The number of halogens is 1. The summed E-state index contributed by atoms with van der Waals surface area (Å²) in [5, 5.41) is 0. The molecule has 94 valence electrons. The molecule has 1 aliphatic rings. The summed E-state index contributed by atoms with van der Waals surface area (Å²) < 4.78 is 19.4. The molecule has 2 rings (SSSR count). The molecule has 0 amide bonds. The summed E-state index contributed by atoms with van der Waals surface area (Å²) in [6.07, 6.45) is 3.29. The van der Waals surface area contributed by atoms with E-state index in [-0.39, 0.29) is 11.2 Å². The van der Waals surface area contributed by atoms with Gasteiger partial charge in [0.05, 0.1) is 6.61 Å². The Balaban J connectivity index is 2.14. The Morgan fingerprint density at radius 3 is 2.59 bits per heavy atom. The molecular formula is C15H21FO. The zero-order valence-electron chi connectivity index (χ0n) is 10.9. The summed E-state index contributed by atoms with van der Waals surface area (Å²) in [4.78, 5) is 0. The highest BCUT2D eigenvalue weighted by Crippen LogP contribution is 2.33. The largest absolute Gasteiger partial charge is 0.490 e. The quantitative estimate of drug-likeness (QED) is 0.761. The van der Waals surface area contributed by atoms with Crippen molar-refractivity contribution in [2.75, 3.05) is 6.61 Å². The zero-order chi connectivity index (χ0) is 12.5. The molecule has 0 spiro atoms. The molecule has 1 aromatic rings. The standard InChI is InChI=1S/C15H21FO/c1-15(2,3)9-12-5-4-6-13(16)14(12)17-10-11-7-8-11/h4-6,11H,7-10H2,1-3H3. The van der Waals surface area contributed by atoms with Crippen molar-refractivity contribution in [1.29, 1.82) is 0 Å². The van der Waals surface area contributed by atoms with Crippen LogP contribution in [0.5, 0.6) is 5.75 Å². The molecule has 0 aliphatic heterocycles. The number of rotatable bonds is 4. The van der Waals surface area contributed by atoms with Gasteiger partial charge in [-0.2, -0.15) is 0 Å². The lowest BCUT2D eigenvalue weighted by molar-refractivity contribution is 0.277. The van der Waals surface area contributed by atoms with Crippen molar-refractivity contribution >= 4 is 0 Å². The first kappa shape index (κ1) is 12.4. The lowest BCUT2D eigenvalue weighted by Crippen LogP contribution is -2.12. The maximum atomic E-state index is 13.8. The second kappa shape index (κ2) is 4.67. The minimum atomic E-state index is -0.229. The van der Waals surface area contributed by atoms with Gasteiger partial charge in [-0.3, -0.25) is 0 Å². The first-order valence-electron chi connectivity index (χ1n) is 6.36. The Kier molecular flexibility index (Phi) is 3.41. The van der Waals surface area contributed by atoms with Gasteiger partial charge in [0.2, 0.25) is 0 Å². The Morgan fingerprint density at radius 2 is 2.00 bits per heavy atom. The fourth-order valence-electron chi connectivity index (χ4n) is 1.91. The van der Waals surface area contributed by atoms with Crippen LogP contribution in [-0.4, -0.2) is 6.61 Å².